The molecule has 1 aliphatic heterocycles. The Bertz CT molecular complexity index is 434. The Kier molecular flexibility index (Phi) is 3.62. The molecule has 0 aromatic carbocycles. The standard InChI is InChI=1S/C14H19N3O2/c18-14(8-11-3-4-11)17-7-1-2-12(9-17)19-13-5-6-15-10-16-13/h5-6,10-12H,1-4,7-9H2/t12-/m1/s1. The molecule has 0 spiro atoms. The molecule has 2 aliphatic rings. The molecule has 19 heavy (non-hydrogen) atoms. The molecule has 0 N–H and O–H groups in total. The number of hydrogen-bond acceptors (Lipinski definition) is 4. The first-order valence-corrected chi connectivity index (χ1v) is 7.02. The van der Waals surface area contributed by atoms with Gasteiger partial charge >= 0.3 is 0 Å². The van der Waals surface area contributed by atoms with E-state index in [0.29, 0.717) is 24.2 Å². The number of likely N-dealkylation sites (tertiary alicyclic amines) is 1. The third-order valence-corrected chi connectivity index (χ3v) is 3.73. The van der Waals surface area contributed by atoms with Crippen LogP contribution >= 0.6 is 0 Å². The summed E-state index contributed by atoms with van der Waals surface area (Å²) in [6.45, 7) is 1.56. The summed E-state index contributed by atoms with van der Waals surface area (Å²) in [5, 5.41) is 0. The summed E-state index contributed by atoms with van der Waals surface area (Å²) in [5.41, 5.74) is 0. The highest BCUT2D eigenvalue weighted by Gasteiger charge is 2.30. The Hall–Kier alpha value is -1.65. The van der Waals surface area contributed by atoms with Crippen LogP contribution in [0.1, 0.15) is 32.1 Å². The van der Waals surface area contributed by atoms with Crippen LogP contribution in [0.3, 0.4) is 0 Å². The lowest BCUT2D eigenvalue weighted by Gasteiger charge is -2.32. The fourth-order valence-corrected chi connectivity index (χ4v) is 2.48. The molecule has 0 bridgehead atoms. The van der Waals surface area contributed by atoms with Gasteiger partial charge in [-0.05, 0) is 31.6 Å². The number of nitrogens with zero attached hydrogens (tertiary/aromatic N) is 3. The van der Waals surface area contributed by atoms with Crippen LogP contribution in [0.2, 0.25) is 0 Å². The topological polar surface area (TPSA) is 55.3 Å². The number of piperidine rings is 1. The first-order valence-electron chi connectivity index (χ1n) is 7.02. The van der Waals surface area contributed by atoms with Gasteiger partial charge in [0.1, 0.15) is 12.4 Å². The zero-order chi connectivity index (χ0) is 13.1. The van der Waals surface area contributed by atoms with Crippen molar-refractivity contribution in [3.63, 3.8) is 0 Å². The van der Waals surface area contributed by atoms with Crippen LogP contribution in [0.5, 0.6) is 5.88 Å². The molecule has 2 fully saturated rings. The van der Waals surface area contributed by atoms with E-state index < -0.39 is 0 Å². The molecule has 1 aromatic heterocycles. The van der Waals surface area contributed by atoms with Gasteiger partial charge in [-0.1, -0.05) is 0 Å². The molecule has 1 saturated heterocycles. The van der Waals surface area contributed by atoms with Crippen molar-refractivity contribution in [3.8, 4) is 5.88 Å². The minimum absolute atomic E-state index is 0.0619. The van der Waals surface area contributed by atoms with Crippen LogP contribution in [-0.2, 0) is 4.79 Å². The van der Waals surface area contributed by atoms with E-state index in [-0.39, 0.29) is 6.10 Å². The quantitative estimate of drug-likeness (QED) is 0.827. The van der Waals surface area contributed by atoms with Crippen LogP contribution in [0.25, 0.3) is 0 Å². The zero-order valence-corrected chi connectivity index (χ0v) is 11.0. The molecule has 0 unspecified atom stereocenters. The highest BCUT2D eigenvalue weighted by molar-refractivity contribution is 5.76. The van der Waals surface area contributed by atoms with E-state index in [1.165, 1.54) is 19.2 Å². The minimum atomic E-state index is 0.0619. The lowest BCUT2D eigenvalue weighted by atomic mass is 10.1. The summed E-state index contributed by atoms with van der Waals surface area (Å²) in [7, 11) is 0. The number of aromatic nitrogens is 2. The summed E-state index contributed by atoms with van der Waals surface area (Å²) in [4.78, 5) is 22.0. The maximum Gasteiger partial charge on any atom is 0.222 e. The minimum Gasteiger partial charge on any atom is -0.472 e. The van der Waals surface area contributed by atoms with Gasteiger partial charge in [0.05, 0.1) is 6.54 Å². The second kappa shape index (κ2) is 5.55. The Morgan fingerprint density at radius 3 is 3.05 bits per heavy atom. The van der Waals surface area contributed by atoms with E-state index in [2.05, 4.69) is 9.97 Å². The van der Waals surface area contributed by atoms with Crippen molar-refractivity contribution in [1.82, 2.24) is 14.9 Å². The maximum atomic E-state index is 12.1. The van der Waals surface area contributed by atoms with Crippen LogP contribution in [0.4, 0.5) is 0 Å². The smallest absolute Gasteiger partial charge is 0.222 e. The van der Waals surface area contributed by atoms with Gasteiger partial charge in [0.25, 0.3) is 0 Å². The fraction of sp³-hybridized carbons (Fsp3) is 0.643. The molecule has 2 heterocycles. The second-order valence-electron chi connectivity index (χ2n) is 5.42. The summed E-state index contributed by atoms with van der Waals surface area (Å²) in [5.74, 6) is 1.53. The van der Waals surface area contributed by atoms with Gasteiger partial charge < -0.3 is 9.64 Å². The number of amides is 1. The van der Waals surface area contributed by atoms with E-state index in [1.807, 2.05) is 4.90 Å². The van der Waals surface area contributed by atoms with E-state index in [4.69, 9.17) is 4.74 Å². The lowest BCUT2D eigenvalue weighted by molar-refractivity contribution is -0.134. The number of carbonyl (C=O) groups excluding carboxylic acids is 1. The summed E-state index contributed by atoms with van der Waals surface area (Å²) in [6, 6.07) is 1.75. The third-order valence-electron chi connectivity index (χ3n) is 3.73. The molecule has 1 saturated carbocycles. The first-order chi connectivity index (χ1) is 9.31. The molecular formula is C14H19N3O2. The van der Waals surface area contributed by atoms with Crippen molar-refractivity contribution >= 4 is 5.91 Å². The van der Waals surface area contributed by atoms with Crippen LogP contribution in [0, 0.1) is 5.92 Å². The zero-order valence-electron chi connectivity index (χ0n) is 11.0. The second-order valence-corrected chi connectivity index (χ2v) is 5.42. The number of carbonyl (C=O) groups is 1. The van der Waals surface area contributed by atoms with Crippen molar-refractivity contribution in [3.05, 3.63) is 18.6 Å². The lowest BCUT2D eigenvalue weighted by Crippen LogP contribution is -2.44. The molecule has 5 nitrogen and oxygen atoms in total. The Morgan fingerprint density at radius 1 is 1.42 bits per heavy atom. The SMILES string of the molecule is O=C(CC1CC1)N1CCC[C@@H](Oc2ccncn2)C1. The van der Waals surface area contributed by atoms with E-state index in [0.717, 1.165) is 25.8 Å². The van der Waals surface area contributed by atoms with Crippen molar-refractivity contribution < 1.29 is 9.53 Å². The molecule has 1 atom stereocenters. The van der Waals surface area contributed by atoms with Crippen LogP contribution in [-0.4, -0.2) is 40.0 Å². The van der Waals surface area contributed by atoms with E-state index >= 15 is 0 Å². The molecule has 1 amide bonds. The molecule has 1 aliphatic carbocycles. The molecular weight excluding hydrogens is 242 g/mol. The Morgan fingerprint density at radius 2 is 2.32 bits per heavy atom. The molecule has 102 valence electrons. The average Bonchev–Trinajstić information content (AvgIpc) is 3.24. The predicted molar refractivity (Wildman–Crippen MR) is 69.6 cm³/mol. The highest BCUT2D eigenvalue weighted by atomic mass is 16.5. The average molecular weight is 261 g/mol. The number of hydrogen-bond donors (Lipinski definition) is 0. The van der Waals surface area contributed by atoms with Crippen molar-refractivity contribution in [1.29, 1.82) is 0 Å². The maximum absolute atomic E-state index is 12.1. The summed E-state index contributed by atoms with van der Waals surface area (Å²) in [6.07, 6.45) is 8.37. The van der Waals surface area contributed by atoms with Gasteiger partial charge in [-0.2, -0.15) is 0 Å². The summed E-state index contributed by atoms with van der Waals surface area (Å²) >= 11 is 0. The largest absolute Gasteiger partial charge is 0.472 e. The van der Waals surface area contributed by atoms with Crippen LogP contribution in [0.15, 0.2) is 18.6 Å². The predicted octanol–water partition coefficient (Wildman–Crippen LogP) is 1.65. The molecule has 5 heteroatoms. The molecule has 0 radical (unpaired) electrons. The third kappa shape index (κ3) is 3.43. The van der Waals surface area contributed by atoms with Crippen molar-refractivity contribution in [2.45, 2.75) is 38.2 Å². The number of rotatable bonds is 4. The van der Waals surface area contributed by atoms with Crippen molar-refractivity contribution in [2.75, 3.05) is 13.1 Å². The van der Waals surface area contributed by atoms with Gasteiger partial charge in [-0.15, -0.1) is 0 Å². The van der Waals surface area contributed by atoms with Crippen LogP contribution < -0.4 is 4.74 Å². The first kappa shape index (κ1) is 12.4. The van der Waals surface area contributed by atoms with Gasteiger partial charge in [0.2, 0.25) is 11.8 Å². The van der Waals surface area contributed by atoms with Gasteiger partial charge in [-0.3, -0.25) is 4.79 Å². The highest BCUT2D eigenvalue weighted by Crippen LogP contribution is 2.33. The Labute approximate surface area is 113 Å². The monoisotopic (exact) mass is 261 g/mol. The van der Waals surface area contributed by atoms with Gasteiger partial charge in [0, 0.05) is 25.2 Å². The van der Waals surface area contributed by atoms with E-state index in [1.54, 1.807) is 12.3 Å². The Balaban J connectivity index is 1.53. The normalized spacial score (nSPS) is 23.2. The molecule has 3 rings (SSSR count). The van der Waals surface area contributed by atoms with Gasteiger partial charge in [-0.25, -0.2) is 9.97 Å². The summed E-state index contributed by atoms with van der Waals surface area (Å²) < 4.78 is 5.81. The van der Waals surface area contributed by atoms with Gasteiger partial charge in [0.15, 0.2) is 0 Å². The van der Waals surface area contributed by atoms with E-state index in [9.17, 15) is 4.79 Å². The van der Waals surface area contributed by atoms with Crippen molar-refractivity contribution in [2.24, 2.45) is 5.92 Å². The molecule has 1 aromatic rings. The number of ether oxygens (including phenoxy) is 1. The fourth-order valence-electron chi connectivity index (χ4n) is 2.48.